The largest absolute Gasteiger partial charge is 0.343 e. The molecule has 0 aromatic heterocycles. The van der Waals surface area contributed by atoms with Crippen molar-refractivity contribution >= 4 is 11.9 Å². The SMILES string of the molecule is CCC(=O)N1CCC(C(C)CCNC(=O)N2CCC(C)CC2)CC1. The van der Waals surface area contributed by atoms with Crippen molar-refractivity contribution in [2.75, 3.05) is 32.7 Å². The molecule has 1 N–H and O–H groups in total. The lowest BCUT2D eigenvalue weighted by molar-refractivity contribution is -0.132. The van der Waals surface area contributed by atoms with Crippen LogP contribution in [-0.2, 0) is 4.79 Å². The molecule has 0 saturated carbocycles. The fourth-order valence-electron chi connectivity index (χ4n) is 3.91. The lowest BCUT2D eigenvalue weighted by Gasteiger charge is -2.35. The number of urea groups is 1. The maximum absolute atomic E-state index is 12.2. The van der Waals surface area contributed by atoms with E-state index in [-0.39, 0.29) is 11.9 Å². The van der Waals surface area contributed by atoms with E-state index < -0.39 is 0 Å². The van der Waals surface area contributed by atoms with Crippen molar-refractivity contribution in [3.63, 3.8) is 0 Å². The number of carbonyl (C=O) groups excluding carboxylic acids is 2. The Balaban J connectivity index is 1.62. The van der Waals surface area contributed by atoms with Crippen LogP contribution in [0.4, 0.5) is 4.79 Å². The summed E-state index contributed by atoms with van der Waals surface area (Å²) in [7, 11) is 0. The second kappa shape index (κ2) is 9.28. The topological polar surface area (TPSA) is 52.7 Å². The third-order valence-corrected chi connectivity index (χ3v) is 5.95. The van der Waals surface area contributed by atoms with Crippen molar-refractivity contribution in [2.24, 2.45) is 17.8 Å². The molecule has 5 heteroatoms. The van der Waals surface area contributed by atoms with E-state index in [4.69, 9.17) is 0 Å². The van der Waals surface area contributed by atoms with Crippen molar-refractivity contribution in [3.05, 3.63) is 0 Å². The minimum absolute atomic E-state index is 0.109. The van der Waals surface area contributed by atoms with Crippen molar-refractivity contribution in [2.45, 2.75) is 59.3 Å². The first-order valence-corrected chi connectivity index (χ1v) is 9.81. The van der Waals surface area contributed by atoms with Crippen molar-refractivity contribution in [1.82, 2.24) is 15.1 Å². The highest BCUT2D eigenvalue weighted by molar-refractivity contribution is 5.75. The molecule has 0 aromatic rings. The Hall–Kier alpha value is -1.26. The quantitative estimate of drug-likeness (QED) is 0.838. The molecule has 1 atom stereocenters. The van der Waals surface area contributed by atoms with Crippen LogP contribution in [0.25, 0.3) is 0 Å². The summed E-state index contributed by atoms with van der Waals surface area (Å²) in [5, 5.41) is 3.10. The molecule has 138 valence electrons. The van der Waals surface area contributed by atoms with E-state index in [1.807, 2.05) is 16.7 Å². The van der Waals surface area contributed by atoms with Crippen LogP contribution in [0.1, 0.15) is 59.3 Å². The number of rotatable bonds is 5. The molecule has 0 radical (unpaired) electrons. The van der Waals surface area contributed by atoms with E-state index in [9.17, 15) is 9.59 Å². The van der Waals surface area contributed by atoms with Crippen LogP contribution in [0.5, 0.6) is 0 Å². The minimum atomic E-state index is 0.109. The summed E-state index contributed by atoms with van der Waals surface area (Å²) < 4.78 is 0. The standard InChI is InChI=1S/C19H35N3O2/c1-4-18(23)21-13-8-17(9-14-21)16(3)5-10-20-19(24)22-11-6-15(2)7-12-22/h15-17H,4-14H2,1-3H3,(H,20,24). The van der Waals surface area contributed by atoms with Crippen molar-refractivity contribution in [3.8, 4) is 0 Å². The molecule has 2 rings (SSSR count). The van der Waals surface area contributed by atoms with E-state index >= 15 is 0 Å². The maximum atomic E-state index is 12.2. The van der Waals surface area contributed by atoms with E-state index in [0.29, 0.717) is 18.3 Å². The predicted molar refractivity (Wildman–Crippen MR) is 96.7 cm³/mol. The van der Waals surface area contributed by atoms with Crippen LogP contribution < -0.4 is 5.32 Å². The molecule has 3 amide bonds. The first kappa shape index (κ1) is 19.1. The van der Waals surface area contributed by atoms with Gasteiger partial charge in [-0.15, -0.1) is 0 Å². The molecule has 0 aliphatic carbocycles. The molecule has 0 spiro atoms. The number of piperidine rings is 2. The zero-order chi connectivity index (χ0) is 17.5. The molecule has 2 fully saturated rings. The van der Waals surface area contributed by atoms with Gasteiger partial charge in [-0.2, -0.15) is 0 Å². The lowest BCUT2D eigenvalue weighted by atomic mass is 9.83. The molecular formula is C19H35N3O2. The van der Waals surface area contributed by atoms with Crippen LogP contribution in [-0.4, -0.2) is 54.5 Å². The summed E-state index contributed by atoms with van der Waals surface area (Å²) in [4.78, 5) is 27.9. The Morgan fingerprint density at radius 2 is 1.62 bits per heavy atom. The molecule has 2 aliphatic rings. The number of hydrogen-bond donors (Lipinski definition) is 1. The number of nitrogens with zero attached hydrogens (tertiary/aromatic N) is 2. The highest BCUT2D eigenvalue weighted by Crippen LogP contribution is 2.27. The molecule has 2 aliphatic heterocycles. The van der Waals surface area contributed by atoms with Gasteiger partial charge < -0.3 is 15.1 Å². The van der Waals surface area contributed by atoms with Crippen molar-refractivity contribution < 1.29 is 9.59 Å². The van der Waals surface area contributed by atoms with Gasteiger partial charge in [0.05, 0.1) is 0 Å². The molecule has 5 nitrogen and oxygen atoms in total. The van der Waals surface area contributed by atoms with Gasteiger partial charge in [0, 0.05) is 39.1 Å². The lowest BCUT2D eigenvalue weighted by Crippen LogP contribution is -2.45. The first-order valence-electron chi connectivity index (χ1n) is 9.81. The highest BCUT2D eigenvalue weighted by atomic mass is 16.2. The van der Waals surface area contributed by atoms with Gasteiger partial charge in [0.25, 0.3) is 0 Å². The Bertz CT molecular complexity index is 411. The second-order valence-electron chi connectivity index (χ2n) is 7.74. The summed E-state index contributed by atoms with van der Waals surface area (Å²) in [6.45, 7) is 10.8. The number of hydrogen-bond acceptors (Lipinski definition) is 2. The van der Waals surface area contributed by atoms with Gasteiger partial charge in [-0.1, -0.05) is 20.8 Å². The van der Waals surface area contributed by atoms with Crippen molar-refractivity contribution in [1.29, 1.82) is 0 Å². The first-order chi connectivity index (χ1) is 11.5. The molecular weight excluding hydrogens is 302 g/mol. The van der Waals surface area contributed by atoms with Gasteiger partial charge in [-0.05, 0) is 49.9 Å². The van der Waals surface area contributed by atoms with Gasteiger partial charge in [0.1, 0.15) is 0 Å². The van der Waals surface area contributed by atoms with Crippen LogP contribution in [0, 0.1) is 17.8 Å². The molecule has 24 heavy (non-hydrogen) atoms. The molecule has 1 unspecified atom stereocenters. The summed E-state index contributed by atoms with van der Waals surface area (Å²) >= 11 is 0. The smallest absolute Gasteiger partial charge is 0.317 e. The Morgan fingerprint density at radius 3 is 2.21 bits per heavy atom. The number of likely N-dealkylation sites (tertiary alicyclic amines) is 2. The fraction of sp³-hybridized carbons (Fsp3) is 0.895. The zero-order valence-corrected chi connectivity index (χ0v) is 15.7. The van der Waals surface area contributed by atoms with E-state index in [0.717, 1.165) is 70.7 Å². The molecule has 0 bridgehead atoms. The minimum Gasteiger partial charge on any atom is -0.343 e. The number of amides is 3. The third kappa shape index (κ3) is 5.38. The third-order valence-electron chi connectivity index (χ3n) is 5.95. The van der Waals surface area contributed by atoms with Gasteiger partial charge in [0.15, 0.2) is 0 Å². The Labute approximate surface area is 147 Å². The maximum Gasteiger partial charge on any atom is 0.317 e. The number of carbonyl (C=O) groups is 2. The molecule has 0 aromatic carbocycles. The second-order valence-corrected chi connectivity index (χ2v) is 7.74. The summed E-state index contributed by atoms with van der Waals surface area (Å²) in [6.07, 6.45) is 6.09. The monoisotopic (exact) mass is 337 g/mol. The van der Waals surface area contributed by atoms with E-state index in [1.165, 1.54) is 0 Å². The van der Waals surface area contributed by atoms with E-state index in [1.54, 1.807) is 0 Å². The number of nitrogens with one attached hydrogen (secondary N) is 1. The highest BCUT2D eigenvalue weighted by Gasteiger charge is 2.26. The van der Waals surface area contributed by atoms with Gasteiger partial charge in [-0.25, -0.2) is 4.79 Å². The van der Waals surface area contributed by atoms with Gasteiger partial charge in [0.2, 0.25) is 5.91 Å². The van der Waals surface area contributed by atoms with E-state index in [2.05, 4.69) is 19.2 Å². The fourth-order valence-corrected chi connectivity index (χ4v) is 3.91. The van der Waals surface area contributed by atoms with Crippen LogP contribution >= 0.6 is 0 Å². The van der Waals surface area contributed by atoms with Crippen LogP contribution in [0.15, 0.2) is 0 Å². The average molecular weight is 338 g/mol. The van der Waals surface area contributed by atoms with Gasteiger partial charge in [-0.3, -0.25) is 4.79 Å². The Morgan fingerprint density at radius 1 is 1.04 bits per heavy atom. The van der Waals surface area contributed by atoms with Crippen LogP contribution in [0.3, 0.4) is 0 Å². The Kier molecular flexibility index (Phi) is 7.38. The van der Waals surface area contributed by atoms with Gasteiger partial charge >= 0.3 is 6.03 Å². The normalized spacial score (nSPS) is 21.6. The average Bonchev–Trinajstić information content (AvgIpc) is 2.61. The summed E-state index contributed by atoms with van der Waals surface area (Å²) in [5.41, 5.74) is 0. The van der Waals surface area contributed by atoms with Crippen LogP contribution in [0.2, 0.25) is 0 Å². The predicted octanol–water partition coefficient (Wildman–Crippen LogP) is 3.10. The molecule has 2 saturated heterocycles. The molecule has 2 heterocycles. The zero-order valence-electron chi connectivity index (χ0n) is 15.7. The summed E-state index contributed by atoms with van der Waals surface area (Å²) in [5.74, 6) is 2.31. The summed E-state index contributed by atoms with van der Waals surface area (Å²) in [6, 6.07) is 0.109.